The number of aryl methyl sites for hydroxylation is 2. The molecule has 1 aliphatic rings. The van der Waals surface area contributed by atoms with Crippen LogP contribution >= 0.6 is 11.3 Å². The molecule has 25 heavy (non-hydrogen) atoms. The molecule has 3 aromatic heterocycles. The monoisotopic (exact) mass is 379 g/mol. The van der Waals surface area contributed by atoms with Crippen molar-refractivity contribution < 1.29 is 17.5 Å². The molecule has 0 saturated carbocycles. The maximum atomic E-state index is 13.3. The van der Waals surface area contributed by atoms with Gasteiger partial charge in [-0.15, -0.1) is 11.3 Å². The Morgan fingerprint density at radius 2 is 2.12 bits per heavy atom. The quantitative estimate of drug-likeness (QED) is 0.689. The Labute approximate surface area is 149 Å². The van der Waals surface area contributed by atoms with Crippen LogP contribution in [0.3, 0.4) is 0 Å². The predicted molar refractivity (Wildman–Crippen MR) is 91.7 cm³/mol. The zero-order valence-electron chi connectivity index (χ0n) is 13.8. The topological polar surface area (TPSA) is 89.4 Å². The first kappa shape index (κ1) is 16.5. The van der Waals surface area contributed by atoms with Crippen LogP contribution in [-0.4, -0.2) is 29.6 Å². The predicted octanol–water partition coefficient (Wildman–Crippen LogP) is 3.53. The Kier molecular flexibility index (Phi) is 4.01. The van der Waals surface area contributed by atoms with E-state index in [2.05, 4.69) is 10.3 Å². The summed E-state index contributed by atoms with van der Waals surface area (Å²) in [5, 5.41) is 7.58. The van der Waals surface area contributed by atoms with Crippen molar-refractivity contribution in [2.45, 2.75) is 37.6 Å². The van der Waals surface area contributed by atoms with E-state index in [1.165, 1.54) is 15.6 Å². The largest absolute Gasteiger partial charge is 0.359 e. The van der Waals surface area contributed by atoms with Crippen LogP contribution in [0.15, 0.2) is 38.3 Å². The van der Waals surface area contributed by atoms with E-state index in [1.807, 2.05) is 6.92 Å². The van der Waals surface area contributed by atoms with E-state index in [4.69, 9.17) is 9.05 Å². The van der Waals surface area contributed by atoms with Gasteiger partial charge < -0.3 is 9.05 Å². The zero-order valence-corrected chi connectivity index (χ0v) is 15.4. The molecule has 1 atom stereocenters. The van der Waals surface area contributed by atoms with Crippen molar-refractivity contribution in [3.63, 3.8) is 0 Å². The fourth-order valence-corrected chi connectivity index (χ4v) is 6.35. The summed E-state index contributed by atoms with van der Waals surface area (Å²) in [4.78, 5) is 1.79. The minimum Gasteiger partial charge on any atom is -0.359 e. The van der Waals surface area contributed by atoms with Crippen molar-refractivity contribution in [3.05, 3.63) is 40.7 Å². The molecule has 4 rings (SSSR count). The Hall–Kier alpha value is -1.97. The summed E-state index contributed by atoms with van der Waals surface area (Å²) in [6.07, 6.45) is 3.06. The summed E-state index contributed by atoms with van der Waals surface area (Å²) in [5.41, 5.74) is 0.749. The lowest BCUT2D eigenvalue weighted by atomic mass is 10.2. The molecular formula is C16H17N3O4S2. The van der Waals surface area contributed by atoms with Gasteiger partial charge in [0, 0.05) is 23.6 Å². The fourth-order valence-electron chi connectivity index (χ4n) is 3.16. The van der Waals surface area contributed by atoms with Crippen LogP contribution in [0.2, 0.25) is 0 Å². The SMILES string of the molecule is Cc1cc(C2CCCN2S(=O)(=O)c2cc(-c3ccno3)sc2C)on1. The second kappa shape index (κ2) is 6.08. The molecule has 0 aliphatic carbocycles. The Bertz CT molecular complexity index is 989. The molecule has 0 bridgehead atoms. The summed E-state index contributed by atoms with van der Waals surface area (Å²) in [7, 11) is -3.63. The van der Waals surface area contributed by atoms with E-state index < -0.39 is 10.0 Å². The van der Waals surface area contributed by atoms with E-state index in [9.17, 15) is 8.42 Å². The molecule has 0 spiro atoms. The average Bonchev–Trinajstić information content (AvgIpc) is 3.33. The van der Waals surface area contributed by atoms with Gasteiger partial charge in [0.1, 0.15) is 0 Å². The van der Waals surface area contributed by atoms with Gasteiger partial charge in [-0.05, 0) is 32.8 Å². The van der Waals surface area contributed by atoms with Crippen LogP contribution in [-0.2, 0) is 10.0 Å². The zero-order chi connectivity index (χ0) is 17.6. The molecular weight excluding hydrogens is 362 g/mol. The molecule has 4 heterocycles. The van der Waals surface area contributed by atoms with Gasteiger partial charge in [0.2, 0.25) is 10.0 Å². The van der Waals surface area contributed by atoms with Crippen LogP contribution < -0.4 is 0 Å². The van der Waals surface area contributed by atoms with Gasteiger partial charge in [-0.2, -0.15) is 4.31 Å². The second-order valence-electron chi connectivity index (χ2n) is 6.05. The lowest BCUT2D eigenvalue weighted by molar-refractivity contribution is 0.297. The first-order valence-electron chi connectivity index (χ1n) is 7.93. The summed E-state index contributed by atoms with van der Waals surface area (Å²) >= 11 is 1.38. The average molecular weight is 379 g/mol. The number of aromatic nitrogens is 2. The van der Waals surface area contributed by atoms with Gasteiger partial charge >= 0.3 is 0 Å². The molecule has 3 aromatic rings. The van der Waals surface area contributed by atoms with E-state index >= 15 is 0 Å². The maximum absolute atomic E-state index is 13.3. The van der Waals surface area contributed by atoms with Crippen molar-refractivity contribution in [1.29, 1.82) is 0 Å². The highest BCUT2D eigenvalue weighted by Crippen LogP contribution is 2.40. The van der Waals surface area contributed by atoms with Crippen LogP contribution in [0.5, 0.6) is 0 Å². The summed E-state index contributed by atoms with van der Waals surface area (Å²) in [6.45, 7) is 4.11. The van der Waals surface area contributed by atoms with Gasteiger partial charge in [-0.3, -0.25) is 0 Å². The van der Waals surface area contributed by atoms with Gasteiger partial charge in [0.15, 0.2) is 11.5 Å². The van der Waals surface area contributed by atoms with Crippen LogP contribution in [0.1, 0.15) is 35.2 Å². The molecule has 1 aliphatic heterocycles. The molecule has 1 unspecified atom stereocenters. The number of hydrogen-bond donors (Lipinski definition) is 0. The number of sulfonamides is 1. The Balaban J connectivity index is 1.72. The molecule has 0 N–H and O–H groups in total. The first-order valence-corrected chi connectivity index (χ1v) is 10.2. The number of nitrogens with zero attached hydrogens (tertiary/aromatic N) is 3. The number of rotatable bonds is 4. The smallest absolute Gasteiger partial charge is 0.244 e. The van der Waals surface area contributed by atoms with Crippen molar-refractivity contribution in [3.8, 4) is 10.6 Å². The van der Waals surface area contributed by atoms with Gasteiger partial charge in [0.25, 0.3) is 0 Å². The highest BCUT2D eigenvalue weighted by atomic mass is 32.2. The van der Waals surface area contributed by atoms with E-state index in [0.717, 1.165) is 28.3 Å². The number of thiophene rings is 1. The first-order chi connectivity index (χ1) is 12.0. The Morgan fingerprint density at radius 3 is 2.80 bits per heavy atom. The van der Waals surface area contributed by atoms with Gasteiger partial charge in [-0.25, -0.2) is 8.42 Å². The standard InChI is InChI=1S/C16H17N3O4S2/c1-10-8-14(23-18-10)12-4-3-7-19(12)25(20,21)16-9-15(24-11(16)2)13-5-6-17-22-13/h5-6,8-9,12H,3-4,7H2,1-2H3. The van der Waals surface area contributed by atoms with Gasteiger partial charge in [0.05, 0.1) is 27.7 Å². The lowest BCUT2D eigenvalue weighted by Gasteiger charge is -2.21. The van der Waals surface area contributed by atoms with Crippen LogP contribution in [0.4, 0.5) is 0 Å². The van der Waals surface area contributed by atoms with E-state index in [1.54, 1.807) is 31.3 Å². The molecule has 9 heteroatoms. The summed E-state index contributed by atoms with van der Waals surface area (Å²) < 4.78 is 38.5. The van der Waals surface area contributed by atoms with Crippen molar-refractivity contribution >= 4 is 21.4 Å². The summed E-state index contributed by atoms with van der Waals surface area (Å²) in [5.74, 6) is 1.17. The highest BCUT2D eigenvalue weighted by molar-refractivity contribution is 7.89. The molecule has 0 aromatic carbocycles. The maximum Gasteiger partial charge on any atom is 0.244 e. The molecule has 1 saturated heterocycles. The third kappa shape index (κ3) is 2.82. The third-order valence-electron chi connectivity index (χ3n) is 4.32. The van der Waals surface area contributed by atoms with Crippen molar-refractivity contribution in [2.24, 2.45) is 0 Å². The van der Waals surface area contributed by atoms with Crippen LogP contribution in [0.25, 0.3) is 10.6 Å². The third-order valence-corrected chi connectivity index (χ3v) is 7.55. The van der Waals surface area contributed by atoms with Crippen molar-refractivity contribution in [1.82, 2.24) is 14.6 Å². The Morgan fingerprint density at radius 1 is 1.28 bits per heavy atom. The normalized spacial score (nSPS) is 18.9. The molecule has 7 nitrogen and oxygen atoms in total. The molecule has 0 radical (unpaired) electrons. The molecule has 0 amide bonds. The summed E-state index contributed by atoms with van der Waals surface area (Å²) in [6, 6.07) is 4.88. The lowest BCUT2D eigenvalue weighted by Crippen LogP contribution is -2.30. The molecule has 132 valence electrons. The highest BCUT2D eigenvalue weighted by Gasteiger charge is 2.39. The molecule has 1 fully saturated rings. The second-order valence-corrected chi connectivity index (χ2v) is 9.17. The number of hydrogen-bond acceptors (Lipinski definition) is 7. The van der Waals surface area contributed by atoms with Crippen LogP contribution in [0, 0.1) is 13.8 Å². The van der Waals surface area contributed by atoms with E-state index in [0.29, 0.717) is 23.0 Å². The fraction of sp³-hybridized carbons (Fsp3) is 0.375. The van der Waals surface area contributed by atoms with Gasteiger partial charge in [-0.1, -0.05) is 10.3 Å². The van der Waals surface area contributed by atoms with Crippen molar-refractivity contribution in [2.75, 3.05) is 6.54 Å². The van der Waals surface area contributed by atoms with E-state index in [-0.39, 0.29) is 6.04 Å². The minimum absolute atomic E-state index is 0.306. The minimum atomic E-state index is -3.63.